The van der Waals surface area contributed by atoms with E-state index in [1.54, 1.807) is 0 Å². The molecule has 0 N–H and O–H groups in total. The minimum Gasteiger partial charge on any atom is -0.281 e. The maximum absolute atomic E-state index is 10.2. The lowest BCUT2D eigenvalue weighted by molar-refractivity contribution is -0.111. The Morgan fingerprint density at radius 2 is 1.90 bits per heavy atom. The number of carbonyl (C=O) groups excluding carboxylic acids is 1. The molecular weight excluding hydrogens is 199 g/mol. The van der Waals surface area contributed by atoms with Crippen LogP contribution in [-0.4, -0.2) is 19.4 Å². The maximum Gasteiger partial charge on any atom is 0.232 e. The van der Waals surface area contributed by atoms with Crippen molar-refractivity contribution in [3.8, 4) is 0 Å². The van der Waals surface area contributed by atoms with Crippen LogP contribution >= 0.6 is 22.3 Å². The first-order chi connectivity index (χ1) is 4.42. The number of carbonyl (C=O) groups is 1. The molecule has 0 saturated carbocycles. The van der Waals surface area contributed by atoms with E-state index in [9.17, 15) is 13.2 Å². The van der Waals surface area contributed by atoms with Gasteiger partial charge in [-0.05, 0) is 18.0 Å². The van der Waals surface area contributed by atoms with Gasteiger partial charge in [-0.25, -0.2) is 8.42 Å². The predicted octanol–water partition coefficient (Wildman–Crippen LogP) is 1.10. The first-order valence-electron chi connectivity index (χ1n) is 2.52. The molecule has 0 fully saturated rings. The van der Waals surface area contributed by atoms with Gasteiger partial charge in [0.1, 0.15) is 0 Å². The fourth-order valence-electron chi connectivity index (χ4n) is 0.384. The molecule has 0 unspecified atom stereocenters. The summed E-state index contributed by atoms with van der Waals surface area (Å²) in [6.45, 7) is 0. The van der Waals surface area contributed by atoms with Crippen LogP contribution < -0.4 is 0 Å². The van der Waals surface area contributed by atoms with E-state index in [4.69, 9.17) is 22.3 Å². The third-order valence-electron chi connectivity index (χ3n) is 0.761. The number of hydrogen-bond donors (Lipinski definition) is 0. The Hall–Kier alpha value is 0.200. The van der Waals surface area contributed by atoms with Gasteiger partial charge in [0.2, 0.25) is 14.3 Å². The summed E-state index contributed by atoms with van der Waals surface area (Å²) in [4.78, 5) is 10.1. The quantitative estimate of drug-likeness (QED) is 0.645. The van der Waals surface area contributed by atoms with E-state index in [0.717, 1.165) is 0 Å². The first kappa shape index (κ1) is 10.2. The summed E-state index contributed by atoms with van der Waals surface area (Å²) < 4.78 is 20.4. The molecule has 0 rings (SSSR count). The topological polar surface area (TPSA) is 51.2 Å². The summed E-state index contributed by atoms with van der Waals surface area (Å²) in [5, 5.41) is -0.541. The van der Waals surface area contributed by atoms with Gasteiger partial charge in [0.05, 0.1) is 5.75 Å². The van der Waals surface area contributed by atoms with Crippen molar-refractivity contribution in [1.29, 1.82) is 0 Å². The second-order valence-corrected chi connectivity index (χ2v) is 5.02. The molecule has 0 aliphatic carbocycles. The van der Waals surface area contributed by atoms with Crippen molar-refractivity contribution in [1.82, 2.24) is 0 Å². The lowest BCUT2D eigenvalue weighted by Gasteiger charge is -1.90. The normalized spacial score (nSPS) is 11.4. The van der Waals surface area contributed by atoms with Crippen LogP contribution in [0.5, 0.6) is 0 Å². The average Bonchev–Trinajstić information content (AvgIpc) is 1.59. The van der Waals surface area contributed by atoms with Gasteiger partial charge in [0.25, 0.3) is 0 Å². The Kier molecular flexibility index (Phi) is 4.24. The van der Waals surface area contributed by atoms with Gasteiger partial charge in [-0.15, -0.1) is 0 Å². The van der Waals surface area contributed by atoms with Crippen molar-refractivity contribution in [2.24, 2.45) is 0 Å². The van der Waals surface area contributed by atoms with E-state index in [-0.39, 0.29) is 18.6 Å². The van der Waals surface area contributed by atoms with Crippen LogP contribution in [0.4, 0.5) is 0 Å². The Balaban J connectivity index is 3.49. The van der Waals surface area contributed by atoms with Crippen molar-refractivity contribution in [3.05, 3.63) is 0 Å². The zero-order chi connectivity index (χ0) is 8.20. The molecule has 60 valence electrons. The minimum atomic E-state index is -3.46. The van der Waals surface area contributed by atoms with Crippen LogP contribution in [0, 0.1) is 0 Å². The molecule has 0 heterocycles. The molecule has 0 aromatic carbocycles. The smallest absolute Gasteiger partial charge is 0.232 e. The van der Waals surface area contributed by atoms with Crippen molar-refractivity contribution in [2.45, 2.75) is 12.8 Å². The summed E-state index contributed by atoms with van der Waals surface area (Å²) >= 11 is 4.93. The molecule has 0 aromatic rings. The highest BCUT2D eigenvalue weighted by molar-refractivity contribution is 8.13. The Labute approximate surface area is 68.7 Å². The van der Waals surface area contributed by atoms with Crippen molar-refractivity contribution < 1.29 is 13.2 Å². The summed E-state index contributed by atoms with van der Waals surface area (Å²) in [5.74, 6) is -0.201. The van der Waals surface area contributed by atoms with Crippen molar-refractivity contribution >= 4 is 36.6 Å². The molecule has 6 heteroatoms. The number of hydrogen-bond acceptors (Lipinski definition) is 3. The van der Waals surface area contributed by atoms with Gasteiger partial charge in [-0.2, -0.15) is 0 Å². The predicted molar refractivity (Wildman–Crippen MR) is 39.7 cm³/mol. The maximum atomic E-state index is 10.2. The first-order valence-corrected chi connectivity index (χ1v) is 5.38. The summed E-state index contributed by atoms with van der Waals surface area (Å²) in [6, 6.07) is 0. The zero-order valence-corrected chi connectivity index (χ0v) is 7.34. The molecule has 0 aromatic heterocycles. The zero-order valence-electron chi connectivity index (χ0n) is 5.01. The van der Waals surface area contributed by atoms with Crippen LogP contribution in [0.3, 0.4) is 0 Å². The lowest BCUT2D eigenvalue weighted by Crippen LogP contribution is -1.98. The second kappa shape index (κ2) is 4.16. The Morgan fingerprint density at radius 3 is 2.20 bits per heavy atom. The van der Waals surface area contributed by atoms with Gasteiger partial charge in [0, 0.05) is 17.1 Å². The van der Waals surface area contributed by atoms with Gasteiger partial charge >= 0.3 is 0 Å². The standard InChI is InChI=1S/C4H6Cl2O3S/c5-4(7)2-1-3-10(6,8)9/h1-3H2. The monoisotopic (exact) mass is 204 g/mol. The third-order valence-corrected chi connectivity index (χ3v) is 2.19. The van der Waals surface area contributed by atoms with E-state index in [0.29, 0.717) is 0 Å². The SMILES string of the molecule is O=C(Cl)CCCS(=O)(=O)Cl. The van der Waals surface area contributed by atoms with Gasteiger partial charge in [0.15, 0.2) is 0 Å². The van der Waals surface area contributed by atoms with Crippen LogP contribution in [-0.2, 0) is 13.8 Å². The van der Waals surface area contributed by atoms with E-state index >= 15 is 0 Å². The molecule has 0 atom stereocenters. The number of halogens is 2. The molecule has 3 nitrogen and oxygen atoms in total. The van der Waals surface area contributed by atoms with E-state index < -0.39 is 14.3 Å². The van der Waals surface area contributed by atoms with Crippen LogP contribution in [0.15, 0.2) is 0 Å². The molecule has 0 aliphatic rings. The molecule has 10 heavy (non-hydrogen) atoms. The molecule has 0 saturated heterocycles. The van der Waals surface area contributed by atoms with Crippen molar-refractivity contribution in [3.63, 3.8) is 0 Å². The van der Waals surface area contributed by atoms with Crippen LogP contribution in [0.2, 0.25) is 0 Å². The fraction of sp³-hybridized carbons (Fsp3) is 0.750. The van der Waals surface area contributed by atoms with Crippen molar-refractivity contribution in [2.75, 3.05) is 5.75 Å². The Bertz CT molecular complexity index is 209. The van der Waals surface area contributed by atoms with Gasteiger partial charge < -0.3 is 0 Å². The molecule has 0 radical (unpaired) electrons. The van der Waals surface area contributed by atoms with Gasteiger partial charge in [-0.1, -0.05) is 0 Å². The highest BCUT2D eigenvalue weighted by Gasteiger charge is 2.05. The van der Waals surface area contributed by atoms with Crippen LogP contribution in [0.25, 0.3) is 0 Å². The summed E-state index contributed by atoms with van der Waals surface area (Å²) in [7, 11) is 1.38. The van der Waals surface area contributed by atoms with E-state index in [1.165, 1.54) is 0 Å². The summed E-state index contributed by atoms with van der Waals surface area (Å²) in [5.41, 5.74) is 0. The molecule has 0 amide bonds. The lowest BCUT2D eigenvalue weighted by atomic mass is 10.4. The minimum absolute atomic E-state index is 0.0491. The number of rotatable bonds is 4. The second-order valence-electron chi connectivity index (χ2n) is 1.70. The highest BCUT2D eigenvalue weighted by Crippen LogP contribution is 2.02. The third kappa shape index (κ3) is 8.20. The largest absolute Gasteiger partial charge is 0.281 e. The van der Waals surface area contributed by atoms with E-state index in [2.05, 4.69) is 0 Å². The average molecular weight is 205 g/mol. The summed E-state index contributed by atoms with van der Waals surface area (Å²) in [6.07, 6.45) is 0.238. The molecule has 0 aliphatic heterocycles. The molecule has 0 spiro atoms. The fourth-order valence-corrected chi connectivity index (χ4v) is 1.33. The van der Waals surface area contributed by atoms with Crippen LogP contribution in [0.1, 0.15) is 12.8 Å². The molecule has 0 bridgehead atoms. The highest BCUT2D eigenvalue weighted by atomic mass is 35.7. The van der Waals surface area contributed by atoms with Gasteiger partial charge in [-0.3, -0.25) is 4.79 Å². The molecular formula is C4H6Cl2O3S. The van der Waals surface area contributed by atoms with E-state index in [1.807, 2.05) is 0 Å². The Morgan fingerprint density at radius 1 is 1.40 bits per heavy atom.